The second-order valence-electron chi connectivity index (χ2n) is 3.58. The van der Waals surface area contributed by atoms with Crippen LogP contribution >= 0.6 is 0 Å². The molecule has 0 atom stereocenters. The molecule has 0 aliphatic rings. The van der Waals surface area contributed by atoms with Crippen molar-refractivity contribution in [2.24, 2.45) is 0 Å². The van der Waals surface area contributed by atoms with Gasteiger partial charge in [-0.1, -0.05) is 11.2 Å². The molecule has 94 valence electrons. The molecule has 1 amide bonds. The average molecular weight is 247 g/mol. The summed E-state index contributed by atoms with van der Waals surface area (Å²) < 4.78 is 9.93. The lowest BCUT2D eigenvalue weighted by molar-refractivity contribution is 0.0947. The van der Waals surface area contributed by atoms with Crippen molar-refractivity contribution in [1.82, 2.24) is 10.5 Å². The number of aromatic nitrogens is 1. The molecule has 2 aromatic rings. The third kappa shape index (κ3) is 2.42. The minimum Gasteiger partial charge on any atom is -0.495 e. The maximum atomic E-state index is 11.9. The average Bonchev–Trinajstić information content (AvgIpc) is 2.89. The predicted molar refractivity (Wildman–Crippen MR) is 65.1 cm³/mol. The number of nitrogens with two attached hydrogens (primary N) is 1. The highest BCUT2D eigenvalue weighted by molar-refractivity contribution is 6.00. The molecule has 1 heterocycles. The van der Waals surface area contributed by atoms with Gasteiger partial charge in [0.1, 0.15) is 5.75 Å². The Morgan fingerprint density at radius 3 is 3.00 bits per heavy atom. The minimum absolute atomic E-state index is 0.259. The number of benzene rings is 1. The molecule has 0 fully saturated rings. The number of hydrogen-bond acceptors (Lipinski definition) is 5. The fraction of sp³-hybridized carbons (Fsp3) is 0.167. The fourth-order valence-electron chi connectivity index (χ4n) is 1.52. The van der Waals surface area contributed by atoms with Crippen molar-refractivity contribution in [3.8, 4) is 5.75 Å². The summed E-state index contributed by atoms with van der Waals surface area (Å²) in [4.78, 5) is 11.9. The summed E-state index contributed by atoms with van der Waals surface area (Å²) >= 11 is 0. The Labute approximate surface area is 104 Å². The largest absolute Gasteiger partial charge is 0.495 e. The molecule has 2 rings (SSSR count). The molecular formula is C12H13N3O3. The number of carbonyl (C=O) groups is 1. The molecule has 0 aliphatic heterocycles. The zero-order chi connectivity index (χ0) is 13.0. The summed E-state index contributed by atoms with van der Waals surface area (Å²) in [5, 5.41) is 6.23. The molecule has 1 aromatic heterocycles. The first-order chi connectivity index (χ1) is 8.72. The van der Waals surface area contributed by atoms with E-state index in [9.17, 15) is 4.79 Å². The molecule has 0 bridgehead atoms. The highest BCUT2D eigenvalue weighted by Gasteiger charge is 2.13. The molecule has 0 unspecified atom stereocenters. The van der Waals surface area contributed by atoms with Crippen molar-refractivity contribution in [2.75, 3.05) is 12.8 Å². The van der Waals surface area contributed by atoms with Crippen molar-refractivity contribution in [3.05, 3.63) is 41.8 Å². The molecule has 18 heavy (non-hydrogen) atoms. The van der Waals surface area contributed by atoms with E-state index in [-0.39, 0.29) is 12.5 Å². The van der Waals surface area contributed by atoms with Crippen LogP contribution in [0.4, 0.5) is 5.69 Å². The first-order valence-electron chi connectivity index (χ1n) is 5.32. The van der Waals surface area contributed by atoms with E-state index in [1.165, 1.54) is 13.3 Å². The van der Waals surface area contributed by atoms with E-state index in [4.69, 9.17) is 15.0 Å². The minimum atomic E-state index is -0.289. The van der Waals surface area contributed by atoms with Gasteiger partial charge in [-0.3, -0.25) is 4.79 Å². The number of methoxy groups -OCH3 is 1. The molecule has 0 saturated heterocycles. The third-order valence-corrected chi connectivity index (χ3v) is 2.45. The van der Waals surface area contributed by atoms with Crippen LogP contribution in [0.3, 0.4) is 0 Å². The molecule has 6 nitrogen and oxygen atoms in total. The van der Waals surface area contributed by atoms with Crippen molar-refractivity contribution >= 4 is 11.6 Å². The quantitative estimate of drug-likeness (QED) is 0.792. The van der Waals surface area contributed by atoms with Crippen LogP contribution < -0.4 is 15.8 Å². The first kappa shape index (κ1) is 12.0. The predicted octanol–water partition coefficient (Wildman–Crippen LogP) is 1.20. The second-order valence-corrected chi connectivity index (χ2v) is 3.58. The van der Waals surface area contributed by atoms with Gasteiger partial charge < -0.3 is 20.3 Å². The highest BCUT2D eigenvalue weighted by Crippen LogP contribution is 2.24. The number of ether oxygens (including phenoxy) is 1. The third-order valence-electron chi connectivity index (χ3n) is 2.45. The number of anilines is 1. The summed E-state index contributed by atoms with van der Waals surface area (Å²) in [6, 6.07) is 6.71. The second kappa shape index (κ2) is 5.22. The van der Waals surface area contributed by atoms with E-state index in [1.807, 2.05) is 0 Å². The Hall–Kier alpha value is -2.50. The monoisotopic (exact) mass is 247 g/mol. The molecule has 0 saturated carbocycles. The van der Waals surface area contributed by atoms with Gasteiger partial charge in [0.25, 0.3) is 5.91 Å². The molecule has 1 aromatic carbocycles. The van der Waals surface area contributed by atoms with Crippen molar-refractivity contribution in [2.45, 2.75) is 6.54 Å². The van der Waals surface area contributed by atoms with Crippen molar-refractivity contribution < 1.29 is 14.1 Å². The smallest absolute Gasteiger partial charge is 0.253 e. The summed E-state index contributed by atoms with van der Waals surface area (Å²) in [5.74, 6) is 0.759. The van der Waals surface area contributed by atoms with E-state index in [1.54, 1.807) is 24.3 Å². The van der Waals surface area contributed by atoms with E-state index in [0.717, 1.165) is 0 Å². The summed E-state index contributed by atoms with van der Waals surface area (Å²) in [5.41, 5.74) is 6.51. The van der Waals surface area contributed by atoms with Crippen LogP contribution in [-0.2, 0) is 6.54 Å². The number of para-hydroxylation sites is 1. The van der Waals surface area contributed by atoms with Crippen molar-refractivity contribution in [1.29, 1.82) is 0 Å². The number of carbonyl (C=O) groups excluding carboxylic acids is 1. The van der Waals surface area contributed by atoms with Gasteiger partial charge >= 0.3 is 0 Å². The molecule has 0 aliphatic carbocycles. The van der Waals surface area contributed by atoms with Gasteiger partial charge in [-0.2, -0.15) is 0 Å². The molecule has 6 heteroatoms. The Bertz CT molecular complexity index is 538. The molecular weight excluding hydrogens is 234 g/mol. The van der Waals surface area contributed by atoms with Crippen LogP contribution in [0.2, 0.25) is 0 Å². The van der Waals surface area contributed by atoms with E-state index in [0.29, 0.717) is 22.8 Å². The van der Waals surface area contributed by atoms with E-state index >= 15 is 0 Å². The number of hydrogen-bond donors (Lipinski definition) is 2. The van der Waals surface area contributed by atoms with Crippen LogP contribution in [0, 0.1) is 0 Å². The van der Waals surface area contributed by atoms with Gasteiger partial charge in [-0.05, 0) is 12.1 Å². The Morgan fingerprint density at radius 2 is 2.33 bits per heavy atom. The van der Waals surface area contributed by atoms with Crippen LogP contribution in [0.1, 0.15) is 16.1 Å². The fourth-order valence-corrected chi connectivity index (χ4v) is 1.52. The zero-order valence-corrected chi connectivity index (χ0v) is 9.84. The van der Waals surface area contributed by atoms with E-state index < -0.39 is 0 Å². The molecule has 0 radical (unpaired) electrons. The lowest BCUT2D eigenvalue weighted by Crippen LogP contribution is -2.23. The van der Waals surface area contributed by atoms with Crippen LogP contribution in [0.5, 0.6) is 5.75 Å². The Balaban J connectivity index is 2.09. The zero-order valence-electron chi connectivity index (χ0n) is 9.84. The van der Waals surface area contributed by atoms with Gasteiger partial charge in [-0.25, -0.2) is 0 Å². The van der Waals surface area contributed by atoms with E-state index in [2.05, 4.69) is 10.5 Å². The maximum Gasteiger partial charge on any atom is 0.253 e. The lowest BCUT2D eigenvalue weighted by atomic mass is 10.1. The SMILES string of the molecule is COc1cccc(C(=O)NCc2ccno2)c1N. The lowest BCUT2D eigenvalue weighted by Gasteiger charge is -2.09. The van der Waals surface area contributed by atoms with Gasteiger partial charge in [0.15, 0.2) is 5.76 Å². The number of nitrogen functional groups attached to an aromatic ring is 1. The number of nitrogens with zero attached hydrogens (tertiary/aromatic N) is 1. The van der Waals surface area contributed by atoms with Crippen LogP contribution in [0.15, 0.2) is 35.0 Å². The van der Waals surface area contributed by atoms with Gasteiger partial charge in [0, 0.05) is 6.07 Å². The first-order valence-corrected chi connectivity index (χ1v) is 5.32. The molecule has 3 N–H and O–H groups in total. The highest BCUT2D eigenvalue weighted by atomic mass is 16.5. The van der Waals surface area contributed by atoms with Crippen LogP contribution in [0.25, 0.3) is 0 Å². The number of nitrogens with one attached hydrogen (secondary N) is 1. The summed E-state index contributed by atoms with van der Waals surface area (Å²) in [6.45, 7) is 0.259. The number of rotatable bonds is 4. The topological polar surface area (TPSA) is 90.4 Å². The van der Waals surface area contributed by atoms with Gasteiger partial charge in [0.05, 0.1) is 31.1 Å². The van der Waals surface area contributed by atoms with Crippen molar-refractivity contribution in [3.63, 3.8) is 0 Å². The van der Waals surface area contributed by atoms with Crippen LogP contribution in [-0.4, -0.2) is 18.2 Å². The molecule has 0 spiro atoms. The number of amides is 1. The Kier molecular flexibility index (Phi) is 3.47. The summed E-state index contributed by atoms with van der Waals surface area (Å²) in [7, 11) is 1.50. The summed E-state index contributed by atoms with van der Waals surface area (Å²) in [6.07, 6.45) is 1.52. The maximum absolute atomic E-state index is 11.9. The normalized spacial score (nSPS) is 10.1. The standard InChI is InChI=1S/C12H13N3O3/c1-17-10-4-2-3-9(11(10)13)12(16)14-7-8-5-6-15-18-8/h2-6H,7,13H2,1H3,(H,14,16). The van der Waals surface area contributed by atoms with Gasteiger partial charge in [0.2, 0.25) is 0 Å². The Morgan fingerprint density at radius 1 is 1.50 bits per heavy atom. The van der Waals surface area contributed by atoms with Gasteiger partial charge in [-0.15, -0.1) is 0 Å².